The Morgan fingerprint density at radius 2 is 2.43 bits per heavy atom. The quantitative estimate of drug-likeness (QED) is 0.729. The minimum atomic E-state index is -0.214. The van der Waals surface area contributed by atoms with E-state index in [1.54, 1.807) is 18.3 Å². The number of nitrogens with zero attached hydrogens (tertiary/aromatic N) is 1. The molecule has 14 heavy (non-hydrogen) atoms. The minimum Gasteiger partial charge on any atom is -0.393 e. The van der Waals surface area contributed by atoms with Crippen LogP contribution in [0.15, 0.2) is 18.3 Å². The number of thiocarbonyl (C=S) groups is 1. The van der Waals surface area contributed by atoms with Gasteiger partial charge in [0.2, 0.25) is 5.91 Å². The summed E-state index contributed by atoms with van der Waals surface area (Å²) in [7, 11) is 0. The van der Waals surface area contributed by atoms with Crippen LogP contribution in [-0.2, 0) is 4.79 Å². The average Bonchev–Trinajstić information content (AvgIpc) is 2.07. The first kappa shape index (κ1) is 10.6. The van der Waals surface area contributed by atoms with Crippen LogP contribution in [0.4, 0.5) is 5.69 Å². The highest BCUT2D eigenvalue weighted by Gasteiger charge is 2.05. The van der Waals surface area contributed by atoms with E-state index in [-0.39, 0.29) is 17.3 Å². The molecule has 0 saturated heterocycles. The Morgan fingerprint density at radius 1 is 1.71 bits per heavy atom. The molecule has 0 radical (unpaired) electrons. The number of hydrogen-bond donors (Lipinski definition) is 2. The van der Waals surface area contributed by atoms with E-state index in [0.29, 0.717) is 5.69 Å². The molecule has 74 valence electrons. The molecular formula is C9H11N3OS. The van der Waals surface area contributed by atoms with Gasteiger partial charge in [0.05, 0.1) is 22.8 Å². The molecule has 4 nitrogen and oxygen atoms in total. The first-order valence-electron chi connectivity index (χ1n) is 4.09. The number of rotatable bonds is 3. The molecule has 0 aliphatic rings. The maximum absolute atomic E-state index is 11.3. The number of pyridine rings is 1. The Bertz CT molecular complexity index is 365. The van der Waals surface area contributed by atoms with Gasteiger partial charge in [0, 0.05) is 6.20 Å². The third-order valence-electron chi connectivity index (χ3n) is 1.62. The molecule has 0 unspecified atom stereocenters. The molecule has 1 heterocycles. The van der Waals surface area contributed by atoms with Crippen molar-refractivity contribution >= 4 is 28.8 Å². The van der Waals surface area contributed by atoms with E-state index >= 15 is 0 Å². The number of amides is 1. The Balaban J connectivity index is 2.65. The summed E-state index contributed by atoms with van der Waals surface area (Å²) in [6.07, 6.45) is 1.72. The van der Waals surface area contributed by atoms with Gasteiger partial charge in [-0.15, -0.1) is 0 Å². The summed E-state index contributed by atoms with van der Waals surface area (Å²) in [5.74, 6) is -0.214. The maximum atomic E-state index is 11.3. The number of aromatic nitrogens is 1. The molecule has 1 aromatic heterocycles. The van der Waals surface area contributed by atoms with Gasteiger partial charge in [0.25, 0.3) is 0 Å². The zero-order valence-electron chi connectivity index (χ0n) is 7.78. The average molecular weight is 209 g/mol. The van der Waals surface area contributed by atoms with Gasteiger partial charge in [-0.25, -0.2) is 0 Å². The van der Waals surface area contributed by atoms with Gasteiger partial charge < -0.3 is 11.1 Å². The molecule has 0 atom stereocenters. The second-order valence-electron chi connectivity index (χ2n) is 2.83. The van der Waals surface area contributed by atoms with Crippen molar-refractivity contribution in [3.8, 4) is 0 Å². The fraction of sp³-hybridized carbons (Fsp3) is 0.222. The van der Waals surface area contributed by atoms with E-state index in [0.717, 1.165) is 5.69 Å². The van der Waals surface area contributed by atoms with Crippen molar-refractivity contribution in [1.82, 2.24) is 4.98 Å². The maximum Gasteiger partial charge on any atom is 0.231 e. The lowest BCUT2D eigenvalue weighted by Gasteiger charge is -2.05. The van der Waals surface area contributed by atoms with Crippen molar-refractivity contribution in [2.75, 3.05) is 5.32 Å². The third kappa shape index (κ3) is 3.10. The van der Waals surface area contributed by atoms with E-state index in [2.05, 4.69) is 22.5 Å². The zero-order valence-corrected chi connectivity index (χ0v) is 8.60. The summed E-state index contributed by atoms with van der Waals surface area (Å²) in [5, 5.41) is 2.67. The van der Waals surface area contributed by atoms with Crippen LogP contribution in [0, 0.1) is 6.92 Å². The molecular weight excluding hydrogens is 198 g/mol. The molecule has 1 rings (SSSR count). The normalized spacial score (nSPS) is 9.50. The number of anilines is 1. The standard InChI is InChI=1S/C9H11N3OS/c1-6-7(3-2-4-11-6)12-9(13)5-8(10)14/h2-4H,5H2,1H3,(H2,10,14)(H,12,13). The Morgan fingerprint density at radius 3 is 3.00 bits per heavy atom. The van der Waals surface area contributed by atoms with Gasteiger partial charge in [-0.05, 0) is 19.1 Å². The minimum absolute atomic E-state index is 0.0592. The SMILES string of the molecule is Cc1ncccc1NC(=O)CC(N)=S. The van der Waals surface area contributed by atoms with Crippen molar-refractivity contribution in [2.24, 2.45) is 5.73 Å². The van der Waals surface area contributed by atoms with Crippen molar-refractivity contribution in [3.63, 3.8) is 0 Å². The molecule has 0 aliphatic carbocycles. The van der Waals surface area contributed by atoms with Gasteiger partial charge in [-0.2, -0.15) is 0 Å². The van der Waals surface area contributed by atoms with Crippen LogP contribution in [0.5, 0.6) is 0 Å². The Kier molecular flexibility index (Phi) is 3.53. The fourth-order valence-corrected chi connectivity index (χ4v) is 1.10. The molecule has 0 bridgehead atoms. The monoisotopic (exact) mass is 209 g/mol. The van der Waals surface area contributed by atoms with Crippen LogP contribution in [0.25, 0.3) is 0 Å². The largest absolute Gasteiger partial charge is 0.393 e. The van der Waals surface area contributed by atoms with E-state index in [1.165, 1.54) is 0 Å². The van der Waals surface area contributed by atoms with Gasteiger partial charge in [-0.3, -0.25) is 9.78 Å². The van der Waals surface area contributed by atoms with Gasteiger partial charge in [0.15, 0.2) is 0 Å². The molecule has 5 heteroatoms. The first-order chi connectivity index (χ1) is 6.59. The molecule has 0 aliphatic heterocycles. The predicted octanol–water partition coefficient (Wildman–Crippen LogP) is 1.00. The van der Waals surface area contributed by atoms with E-state index in [4.69, 9.17) is 5.73 Å². The molecule has 0 spiro atoms. The first-order valence-corrected chi connectivity index (χ1v) is 4.50. The second-order valence-corrected chi connectivity index (χ2v) is 3.35. The topological polar surface area (TPSA) is 68.0 Å². The molecule has 0 fully saturated rings. The van der Waals surface area contributed by atoms with Crippen LogP contribution < -0.4 is 11.1 Å². The van der Waals surface area contributed by atoms with Gasteiger partial charge in [-0.1, -0.05) is 12.2 Å². The summed E-state index contributed by atoms with van der Waals surface area (Å²) >= 11 is 4.62. The predicted molar refractivity (Wildman–Crippen MR) is 59.0 cm³/mol. The van der Waals surface area contributed by atoms with E-state index in [1.807, 2.05) is 6.92 Å². The Hall–Kier alpha value is -1.49. The van der Waals surface area contributed by atoms with Crippen LogP contribution in [0.2, 0.25) is 0 Å². The lowest BCUT2D eigenvalue weighted by atomic mass is 10.3. The fourth-order valence-electron chi connectivity index (χ4n) is 0.969. The Labute approximate surface area is 87.5 Å². The smallest absolute Gasteiger partial charge is 0.231 e. The lowest BCUT2D eigenvalue weighted by molar-refractivity contribution is -0.115. The number of carbonyl (C=O) groups is 1. The number of aryl methyl sites for hydroxylation is 1. The van der Waals surface area contributed by atoms with E-state index in [9.17, 15) is 4.79 Å². The molecule has 1 aromatic rings. The molecule has 1 amide bonds. The third-order valence-corrected chi connectivity index (χ3v) is 1.76. The molecule has 3 N–H and O–H groups in total. The molecule has 0 saturated carbocycles. The summed E-state index contributed by atoms with van der Waals surface area (Å²) < 4.78 is 0. The summed E-state index contributed by atoms with van der Waals surface area (Å²) in [5.41, 5.74) is 6.70. The van der Waals surface area contributed by atoms with Crippen molar-refractivity contribution in [1.29, 1.82) is 0 Å². The highest BCUT2D eigenvalue weighted by atomic mass is 32.1. The van der Waals surface area contributed by atoms with Gasteiger partial charge in [0.1, 0.15) is 0 Å². The van der Waals surface area contributed by atoms with Crippen molar-refractivity contribution in [3.05, 3.63) is 24.0 Å². The lowest BCUT2D eigenvalue weighted by Crippen LogP contribution is -2.20. The number of hydrogen-bond acceptors (Lipinski definition) is 3. The summed E-state index contributed by atoms with van der Waals surface area (Å²) in [6, 6.07) is 3.53. The zero-order chi connectivity index (χ0) is 10.6. The van der Waals surface area contributed by atoms with Crippen LogP contribution in [0.1, 0.15) is 12.1 Å². The number of carbonyl (C=O) groups excluding carboxylic acids is 1. The highest BCUT2D eigenvalue weighted by molar-refractivity contribution is 7.80. The van der Waals surface area contributed by atoms with Crippen LogP contribution in [0.3, 0.4) is 0 Å². The van der Waals surface area contributed by atoms with Crippen LogP contribution >= 0.6 is 12.2 Å². The summed E-state index contributed by atoms with van der Waals surface area (Å²) in [4.78, 5) is 15.5. The van der Waals surface area contributed by atoms with Crippen molar-refractivity contribution < 1.29 is 4.79 Å². The number of nitrogens with one attached hydrogen (secondary N) is 1. The van der Waals surface area contributed by atoms with E-state index < -0.39 is 0 Å². The van der Waals surface area contributed by atoms with Gasteiger partial charge >= 0.3 is 0 Å². The second kappa shape index (κ2) is 4.66. The number of nitrogens with two attached hydrogens (primary N) is 1. The summed E-state index contributed by atoms with van der Waals surface area (Å²) in [6.45, 7) is 1.82. The molecule has 0 aromatic carbocycles. The highest BCUT2D eigenvalue weighted by Crippen LogP contribution is 2.10. The van der Waals surface area contributed by atoms with Crippen LogP contribution in [-0.4, -0.2) is 15.9 Å². The van der Waals surface area contributed by atoms with Crippen molar-refractivity contribution in [2.45, 2.75) is 13.3 Å².